The van der Waals surface area contributed by atoms with Crippen LogP contribution in [0.15, 0.2) is 84.2 Å². The number of rotatable bonds is 10. The molecule has 0 aliphatic heterocycles. The van der Waals surface area contributed by atoms with Crippen LogP contribution in [0.1, 0.15) is 17.5 Å². The molecular formula is C26H28N4O2. The highest BCUT2D eigenvalue weighted by atomic mass is 16.5. The van der Waals surface area contributed by atoms with Crippen molar-refractivity contribution in [2.45, 2.75) is 19.4 Å². The molecule has 3 aromatic heterocycles. The smallest absolute Gasteiger partial charge is 0.250 e. The Morgan fingerprint density at radius 2 is 1.78 bits per heavy atom. The largest absolute Gasteiger partial charge is 0.493 e. The predicted molar refractivity (Wildman–Crippen MR) is 127 cm³/mol. The molecule has 32 heavy (non-hydrogen) atoms. The van der Waals surface area contributed by atoms with Gasteiger partial charge in [-0.2, -0.15) is 0 Å². The van der Waals surface area contributed by atoms with Gasteiger partial charge in [-0.05, 0) is 60.4 Å². The molecule has 4 aromatic rings. The van der Waals surface area contributed by atoms with Crippen molar-refractivity contribution < 1.29 is 4.74 Å². The first-order chi connectivity index (χ1) is 15.7. The molecule has 0 unspecified atom stereocenters. The van der Waals surface area contributed by atoms with Gasteiger partial charge in [-0.3, -0.25) is 19.7 Å². The van der Waals surface area contributed by atoms with Crippen molar-refractivity contribution in [2.24, 2.45) is 7.05 Å². The molecule has 164 valence electrons. The van der Waals surface area contributed by atoms with E-state index in [0.717, 1.165) is 49.1 Å². The van der Waals surface area contributed by atoms with E-state index in [9.17, 15) is 4.79 Å². The van der Waals surface area contributed by atoms with Crippen molar-refractivity contribution in [2.75, 3.05) is 19.7 Å². The molecule has 0 radical (unpaired) electrons. The van der Waals surface area contributed by atoms with E-state index < -0.39 is 0 Å². The maximum atomic E-state index is 11.9. The second kappa shape index (κ2) is 10.7. The summed E-state index contributed by atoms with van der Waals surface area (Å²) in [6, 6.07) is 17.5. The highest BCUT2D eigenvalue weighted by molar-refractivity contribution is 5.85. The van der Waals surface area contributed by atoms with E-state index in [1.54, 1.807) is 23.9 Å². The van der Waals surface area contributed by atoms with Crippen LogP contribution in [0.2, 0.25) is 0 Å². The summed E-state index contributed by atoms with van der Waals surface area (Å²) in [4.78, 5) is 22.7. The third-order valence-electron chi connectivity index (χ3n) is 5.60. The summed E-state index contributed by atoms with van der Waals surface area (Å²) in [5, 5.41) is 0.958. The van der Waals surface area contributed by atoms with Crippen molar-refractivity contribution >= 4 is 10.9 Å². The summed E-state index contributed by atoms with van der Waals surface area (Å²) < 4.78 is 7.77. The Bertz CT molecular complexity index is 1190. The van der Waals surface area contributed by atoms with Crippen LogP contribution in [0.4, 0.5) is 0 Å². The standard InChI is InChI=1S/C26H28N4O2/c1-29-24-6-2-7-25(23(24)8-9-26(29)31)32-18-4-16-30(20-22-10-14-27-15-11-22)17-12-21-5-3-13-28-19-21/h2-3,5-11,13-15,19H,4,12,16-18,20H2,1H3. The first kappa shape index (κ1) is 21.7. The lowest BCUT2D eigenvalue weighted by atomic mass is 10.2. The number of aromatic nitrogens is 3. The molecule has 0 saturated heterocycles. The molecule has 6 heteroatoms. The molecular weight excluding hydrogens is 400 g/mol. The fourth-order valence-corrected chi connectivity index (χ4v) is 3.82. The number of nitrogens with zero attached hydrogens (tertiary/aromatic N) is 4. The van der Waals surface area contributed by atoms with E-state index in [2.05, 4.69) is 33.1 Å². The average molecular weight is 429 g/mol. The Morgan fingerprint density at radius 3 is 2.59 bits per heavy atom. The summed E-state index contributed by atoms with van der Waals surface area (Å²) in [5.41, 5.74) is 3.35. The third kappa shape index (κ3) is 5.59. The minimum atomic E-state index is -0.0185. The second-order valence-corrected chi connectivity index (χ2v) is 7.86. The number of benzene rings is 1. The van der Waals surface area contributed by atoms with Crippen molar-refractivity contribution in [3.63, 3.8) is 0 Å². The van der Waals surface area contributed by atoms with Gasteiger partial charge in [0.15, 0.2) is 0 Å². The van der Waals surface area contributed by atoms with Gasteiger partial charge in [0.2, 0.25) is 0 Å². The first-order valence-corrected chi connectivity index (χ1v) is 10.9. The Labute approximate surface area is 188 Å². The van der Waals surface area contributed by atoms with Gasteiger partial charge in [-0.25, -0.2) is 0 Å². The number of pyridine rings is 3. The van der Waals surface area contributed by atoms with Gasteiger partial charge < -0.3 is 9.30 Å². The van der Waals surface area contributed by atoms with Gasteiger partial charge in [0.1, 0.15) is 5.75 Å². The maximum absolute atomic E-state index is 11.9. The molecule has 0 aliphatic carbocycles. The van der Waals surface area contributed by atoms with E-state index in [0.29, 0.717) is 6.61 Å². The van der Waals surface area contributed by atoms with Crippen LogP contribution < -0.4 is 10.3 Å². The number of ether oxygens (including phenoxy) is 1. The van der Waals surface area contributed by atoms with Crippen molar-refractivity contribution in [1.29, 1.82) is 0 Å². The highest BCUT2D eigenvalue weighted by Crippen LogP contribution is 2.24. The van der Waals surface area contributed by atoms with E-state index in [-0.39, 0.29) is 5.56 Å². The van der Waals surface area contributed by atoms with Crippen molar-refractivity contribution in [3.8, 4) is 5.75 Å². The Kier molecular flexibility index (Phi) is 7.25. The minimum absolute atomic E-state index is 0.0185. The molecule has 0 bridgehead atoms. The summed E-state index contributed by atoms with van der Waals surface area (Å²) in [5.74, 6) is 0.814. The van der Waals surface area contributed by atoms with Gasteiger partial charge >= 0.3 is 0 Å². The van der Waals surface area contributed by atoms with E-state index in [1.807, 2.05) is 48.9 Å². The minimum Gasteiger partial charge on any atom is -0.493 e. The average Bonchev–Trinajstić information content (AvgIpc) is 2.84. The molecule has 1 aromatic carbocycles. The van der Waals surface area contributed by atoms with Crippen molar-refractivity contribution in [3.05, 3.63) is 101 Å². The van der Waals surface area contributed by atoms with E-state index in [4.69, 9.17) is 4.74 Å². The van der Waals surface area contributed by atoms with Crippen LogP contribution in [0.25, 0.3) is 10.9 Å². The molecule has 0 saturated carbocycles. The van der Waals surface area contributed by atoms with Crippen LogP contribution >= 0.6 is 0 Å². The zero-order valence-corrected chi connectivity index (χ0v) is 18.4. The summed E-state index contributed by atoms with van der Waals surface area (Å²) in [7, 11) is 1.79. The zero-order valence-electron chi connectivity index (χ0n) is 18.4. The molecule has 0 N–H and O–H groups in total. The van der Waals surface area contributed by atoms with Gasteiger partial charge in [0.25, 0.3) is 5.56 Å². The van der Waals surface area contributed by atoms with Gasteiger partial charge in [0, 0.05) is 62.9 Å². The number of hydrogen-bond acceptors (Lipinski definition) is 5. The van der Waals surface area contributed by atoms with Crippen LogP contribution in [-0.4, -0.2) is 39.1 Å². The second-order valence-electron chi connectivity index (χ2n) is 7.86. The van der Waals surface area contributed by atoms with Gasteiger partial charge in [-0.1, -0.05) is 12.1 Å². The van der Waals surface area contributed by atoms with E-state index >= 15 is 0 Å². The molecule has 3 heterocycles. The topological polar surface area (TPSA) is 60.2 Å². The van der Waals surface area contributed by atoms with Crippen LogP contribution in [0.3, 0.4) is 0 Å². The predicted octanol–water partition coefficient (Wildman–Crippen LogP) is 3.84. The normalized spacial score (nSPS) is 11.2. The zero-order chi connectivity index (χ0) is 22.2. The summed E-state index contributed by atoms with van der Waals surface area (Å²) in [6.45, 7) is 3.36. The van der Waals surface area contributed by atoms with Crippen LogP contribution in [0, 0.1) is 0 Å². The third-order valence-corrected chi connectivity index (χ3v) is 5.60. The molecule has 0 atom stereocenters. The van der Waals surface area contributed by atoms with Crippen LogP contribution in [0.5, 0.6) is 5.75 Å². The SMILES string of the molecule is Cn1c(=O)ccc2c(OCCCN(CCc3cccnc3)Cc3ccncc3)cccc21. The van der Waals surface area contributed by atoms with Gasteiger partial charge in [-0.15, -0.1) is 0 Å². The fourth-order valence-electron chi connectivity index (χ4n) is 3.82. The quantitative estimate of drug-likeness (QED) is 0.359. The van der Waals surface area contributed by atoms with Crippen LogP contribution in [-0.2, 0) is 20.0 Å². The summed E-state index contributed by atoms with van der Waals surface area (Å²) >= 11 is 0. The Hall–Kier alpha value is -3.51. The van der Waals surface area contributed by atoms with Crippen molar-refractivity contribution in [1.82, 2.24) is 19.4 Å². The number of fused-ring (bicyclic) bond motifs is 1. The lowest BCUT2D eigenvalue weighted by molar-refractivity contribution is 0.230. The first-order valence-electron chi connectivity index (χ1n) is 10.9. The molecule has 0 spiro atoms. The maximum Gasteiger partial charge on any atom is 0.250 e. The lowest BCUT2D eigenvalue weighted by Crippen LogP contribution is -2.28. The monoisotopic (exact) mass is 428 g/mol. The number of hydrogen-bond donors (Lipinski definition) is 0. The summed E-state index contributed by atoms with van der Waals surface area (Å²) in [6.07, 6.45) is 9.27. The molecule has 0 aliphatic rings. The Balaban J connectivity index is 1.37. The highest BCUT2D eigenvalue weighted by Gasteiger charge is 2.09. The fraction of sp³-hybridized carbons (Fsp3) is 0.269. The molecule has 4 rings (SSSR count). The van der Waals surface area contributed by atoms with E-state index in [1.165, 1.54) is 11.1 Å². The molecule has 0 amide bonds. The molecule has 6 nitrogen and oxygen atoms in total. The Morgan fingerprint density at radius 1 is 0.906 bits per heavy atom. The lowest BCUT2D eigenvalue weighted by Gasteiger charge is -2.22. The molecule has 0 fully saturated rings. The number of aryl methyl sites for hydroxylation is 1. The van der Waals surface area contributed by atoms with Gasteiger partial charge in [0.05, 0.1) is 12.1 Å².